The standard InChI is InChI=1S/C12H17NO3/c1-8-2-4-9(5-3-8)12(7-14)11(16)10(15)6-13-12/h2-5,10-11,13-16H,6-7H2,1H3/t10-,11+,12+/m1/s1. The lowest BCUT2D eigenvalue weighted by molar-refractivity contribution is -0.0110. The molecule has 0 aromatic heterocycles. The van der Waals surface area contributed by atoms with Crippen LogP contribution in [0.4, 0.5) is 0 Å². The van der Waals surface area contributed by atoms with Crippen molar-refractivity contribution in [1.82, 2.24) is 5.32 Å². The molecule has 0 aliphatic carbocycles. The molecule has 4 heteroatoms. The molecule has 0 radical (unpaired) electrons. The summed E-state index contributed by atoms with van der Waals surface area (Å²) in [5.74, 6) is 0. The van der Waals surface area contributed by atoms with Crippen LogP contribution in [0.3, 0.4) is 0 Å². The maximum atomic E-state index is 9.96. The summed E-state index contributed by atoms with van der Waals surface area (Å²) in [5, 5.41) is 32.0. The first-order valence-corrected chi connectivity index (χ1v) is 5.39. The molecule has 0 unspecified atom stereocenters. The summed E-state index contributed by atoms with van der Waals surface area (Å²) in [6.07, 6.45) is -1.83. The SMILES string of the molecule is Cc1ccc([C@]2(CO)NC[C@@H](O)[C@@H]2O)cc1. The Morgan fingerprint density at radius 1 is 1.31 bits per heavy atom. The summed E-state index contributed by atoms with van der Waals surface area (Å²) < 4.78 is 0. The Bertz CT molecular complexity index is 365. The fourth-order valence-corrected chi connectivity index (χ4v) is 2.20. The number of rotatable bonds is 2. The molecule has 88 valence electrons. The van der Waals surface area contributed by atoms with Crippen LogP contribution in [0.5, 0.6) is 0 Å². The molecule has 0 amide bonds. The second kappa shape index (κ2) is 4.14. The highest BCUT2D eigenvalue weighted by molar-refractivity contribution is 5.31. The number of aliphatic hydroxyl groups excluding tert-OH is 3. The van der Waals surface area contributed by atoms with Crippen LogP contribution < -0.4 is 5.32 Å². The molecule has 1 fully saturated rings. The van der Waals surface area contributed by atoms with Gasteiger partial charge in [0.2, 0.25) is 0 Å². The van der Waals surface area contributed by atoms with Crippen molar-refractivity contribution in [3.63, 3.8) is 0 Å². The Morgan fingerprint density at radius 3 is 2.38 bits per heavy atom. The van der Waals surface area contributed by atoms with Crippen molar-refractivity contribution in [3.8, 4) is 0 Å². The van der Waals surface area contributed by atoms with Gasteiger partial charge >= 0.3 is 0 Å². The van der Waals surface area contributed by atoms with Crippen LogP contribution in [-0.2, 0) is 5.54 Å². The summed E-state index contributed by atoms with van der Waals surface area (Å²) in [6, 6.07) is 7.57. The van der Waals surface area contributed by atoms with Crippen molar-refractivity contribution in [2.24, 2.45) is 0 Å². The van der Waals surface area contributed by atoms with E-state index in [9.17, 15) is 15.3 Å². The van der Waals surface area contributed by atoms with E-state index >= 15 is 0 Å². The number of aryl methyl sites for hydroxylation is 1. The molecular formula is C12H17NO3. The number of aliphatic hydroxyl groups is 3. The maximum Gasteiger partial charge on any atom is 0.106 e. The van der Waals surface area contributed by atoms with Gasteiger partial charge in [-0.15, -0.1) is 0 Å². The van der Waals surface area contributed by atoms with Gasteiger partial charge < -0.3 is 20.6 Å². The van der Waals surface area contributed by atoms with Gasteiger partial charge in [-0.05, 0) is 12.5 Å². The Kier molecular flexibility index (Phi) is 2.99. The number of hydrogen-bond donors (Lipinski definition) is 4. The average molecular weight is 223 g/mol. The molecular weight excluding hydrogens is 206 g/mol. The fraction of sp³-hybridized carbons (Fsp3) is 0.500. The topological polar surface area (TPSA) is 72.7 Å². The number of hydrogen-bond acceptors (Lipinski definition) is 4. The highest BCUT2D eigenvalue weighted by Gasteiger charge is 2.47. The van der Waals surface area contributed by atoms with Gasteiger partial charge in [-0.2, -0.15) is 0 Å². The van der Waals surface area contributed by atoms with Crippen LogP contribution in [-0.4, -0.2) is 40.7 Å². The van der Waals surface area contributed by atoms with Gasteiger partial charge in [0.05, 0.1) is 18.2 Å². The van der Waals surface area contributed by atoms with Crippen molar-refractivity contribution in [2.45, 2.75) is 24.7 Å². The molecule has 0 saturated carbocycles. The molecule has 1 aromatic rings. The zero-order valence-electron chi connectivity index (χ0n) is 9.22. The monoisotopic (exact) mass is 223 g/mol. The quantitative estimate of drug-likeness (QED) is 0.546. The molecule has 2 rings (SSSR count). The minimum Gasteiger partial charge on any atom is -0.394 e. The van der Waals surface area contributed by atoms with E-state index in [1.54, 1.807) is 0 Å². The Morgan fingerprint density at radius 2 is 1.94 bits per heavy atom. The van der Waals surface area contributed by atoms with Gasteiger partial charge in [-0.25, -0.2) is 0 Å². The number of β-amino-alcohol motifs (C(OH)–C–C–N with tert-alkyl or cyclic N) is 1. The van der Waals surface area contributed by atoms with Gasteiger partial charge in [-0.3, -0.25) is 0 Å². The number of benzene rings is 1. The molecule has 16 heavy (non-hydrogen) atoms. The summed E-state index contributed by atoms with van der Waals surface area (Å²) in [5.41, 5.74) is 0.974. The zero-order valence-corrected chi connectivity index (χ0v) is 9.22. The minimum absolute atomic E-state index is 0.242. The molecule has 4 N–H and O–H groups in total. The van der Waals surface area contributed by atoms with Gasteiger partial charge in [0.1, 0.15) is 6.10 Å². The van der Waals surface area contributed by atoms with Crippen molar-refractivity contribution in [3.05, 3.63) is 35.4 Å². The highest BCUT2D eigenvalue weighted by atomic mass is 16.3. The smallest absolute Gasteiger partial charge is 0.106 e. The molecule has 1 aromatic carbocycles. The van der Waals surface area contributed by atoms with Crippen LogP contribution in [0.15, 0.2) is 24.3 Å². The lowest BCUT2D eigenvalue weighted by Gasteiger charge is -2.31. The zero-order chi connectivity index (χ0) is 11.8. The first-order chi connectivity index (χ1) is 7.60. The summed E-state index contributed by atoms with van der Waals surface area (Å²) in [7, 11) is 0. The van der Waals surface area contributed by atoms with Gasteiger partial charge in [0.15, 0.2) is 0 Å². The van der Waals surface area contributed by atoms with E-state index in [0.29, 0.717) is 0 Å². The maximum absolute atomic E-state index is 9.96. The molecule has 3 atom stereocenters. The molecule has 4 nitrogen and oxygen atoms in total. The molecule has 1 aliphatic heterocycles. The normalized spacial score (nSPS) is 34.2. The van der Waals surface area contributed by atoms with E-state index in [-0.39, 0.29) is 13.2 Å². The largest absolute Gasteiger partial charge is 0.394 e. The lowest BCUT2D eigenvalue weighted by atomic mass is 9.86. The van der Waals surface area contributed by atoms with Gasteiger partial charge in [-0.1, -0.05) is 29.8 Å². The predicted octanol–water partition coefficient (Wildman–Crippen LogP) is -0.492. The van der Waals surface area contributed by atoms with Crippen molar-refractivity contribution in [1.29, 1.82) is 0 Å². The van der Waals surface area contributed by atoms with E-state index in [1.807, 2.05) is 31.2 Å². The molecule has 0 spiro atoms. The molecule has 1 aliphatic rings. The van der Waals surface area contributed by atoms with Crippen molar-refractivity contribution < 1.29 is 15.3 Å². The van der Waals surface area contributed by atoms with Crippen LogP contribution in [0, 0.1) is 6.92 Å². The van der Waals surface area contributed by atoms with E-state index in [2.05, 4.69) is 5.32 Å². The summed E-state index contributed by atoms with van der Waals surface area (Å²) in [6.45, 7) is 2.02. The predicted molar refractivity (Wildman–Crippen MR) is 60.0 cm³/mol. The average Bonchev–Trinajstić information content (AvgIpc) is 2.59. The Hall–Kier alpha value is -0.940. The third-order valence-electron chi connectivity index (χ3n) is 3.31. The van der Waals surface area contributed by atoms with Gasteiger partial charge in [0.25, 0.3) is 0 Å². The van der Waals surface area contributed by atoms with Crippen LogP contribution in [0.1, 0.15) is 11.1 Å². The van der Waals surface area contributed by atoms with E-state index in [0.717, 1.165) is 11.1 Å². The number of nitrogens with one attached hydrogen (secondary N) is 1. The van der Waals surface area contributed by atoms with Crippen LogP contribution in [0.2, 0.25) is 0 Å². The van der Waals surface area contributed by atoms with Crippen LogP contribution in [0.25, 0.3) is 0 Å². The first-order valence-electron chi connectivity index (χ1n) is 5.39. The highest BCUT2D eigenvalue weighted by Crippen LogP contribution is 2.31. The van der Waals surface area contributed by atoms with E-state index in [4.69, 9.17) is 0 Å². The summed E-state index contributed by atoms with van der Waals surface area (Å²) >= 11 is 0. The second-order valence-electron chi connectivity index (χ2n) is 4.39. The third-order valence-corrected chi connectivity index (χ3v) is 3.31. The van der Waals surface area contributed by atoms with Gasteiger partial charge in [0, 0.05) is 6.54 Å². The van der Waals surface area contributed by atoms with Crippen molar-refractivity contribution in [2.75, 3.05) is 13.2 Å². The minimum atomic E-state index is -0.986. The van der Waals surface area contributed by atoms with E-state index < -0.39 is 17.7 Å². The lowest BCUT2D eigenvalue weighted by Crippen LogP contribution is -2.49. The second-order valence-corrected chi connectivity index (χ2v) is 4.39. The molecule has 0 bridgehead atoms. The summed E-state index contributed by atoms with van der Waals surface area (Å²) in [4.78, 5) is 0. The Labute approximate surface area is 94.5 Å². The first kappa shape index (κ1) is 11.5. The fourth-order valence-electron chi connectivity index (χ4n) is 2.20. The molecule has 1 saturated heterocycles. The van der Waals surface area contributed by atoms with E-state index in [1.165, 1.54) is 0 Å². The van der Waals surface area contributed by atoms with Crippen molar-refractivity contribution >= 4 is 0 Å². The van der Waals surface area contributed by atoms with Crippen LogP contribution >= 0.6 is 0 Å². The Balaban J connectivity index is 2.38. The molecule has 1 heterocycles. The third kappa shape index (κ3) is 1.64.